The van der Waals surface area contributed by atoms with Gasteiger partial charge in [0.05, 0.1) is 5.02 Å². The summed E-state index contributed by atoms with van der Waals surface area (Å²) in [7, 11) is 0. The van der Waals surface area contributed by atoms with E-state index in [2.05, 4.69) is 10.6 Å². The number of hydrogen-bond acceptors (Lipinski definition) is 2. The van der Waals surface area contributed by atoms with E-state index in [4.69, 9.17) is 11.6 Å². The van der Waals surface area contributed by atoms with E-state index < -0.39 is 0 Å². The topological polar surface area (TPSA) is 24.1 Å². The molecule has 0 unspecified atom stereocenters. The molecule has 0 radical (unpaired) electrons. The van der Waals surface area contributed by atoms with Crippen LogP contribution in [0.2, 0.25) is 5.02 Å². The third-order valence-electron chi connectivity index (χ3n) is 2.39. The molecule has 0 spiro atoms. The minimum absolute atomic E-state index is 0.190. The van der Waals surface area contributed by atoms with Crippen LogP contribution in [0, 0.1) is 5.82 Å². The highest BCUT2D eigenvalue weighted by atomic mass is 35.5. The summed E-state index contributed by atoms with van der Waals surface area (Å²) < 4.78 is 12.9. The number of rotatable bonds is 1. The third-order valence-corrected chi connectivity index (χ3v) is 2.68. The monoisotopic (exact) mass is 214 g/mol. The molecular weight excluding hydrogens is 203 g/mol. The highest BCUT2D eigenvalue weighted by Crippen LogP contribution is 2.21. The molecule has 2 rings (SSSR count). The third kappa shape index (κ3) is 2.05. The minimum atomic E-state index is -0.362. The van der Waals surface area contributed by atoms with Crippen molar-refractivity contribution >= 4 is 11.6 Å². The summed E-state index contributed by atoms with van der Waals surface area (Å²) >= 11 is 5.71. The van der Waals surface area contributed by atoms with Crippen LogP contribution in [0.25, 0.3) is 0 Å². The van der Waals surface area contributed by atoms with Crippen LogP contribution >= 0.6 is 11.6 Å². The van der Waals surface area contributed by atoms with Crippen molar-refractivity contribution in [1.82, 2.24) is 10.6 Å². The van der Waals surface area contributed by atoms with Gasteiger partial charge in [-0.15, -0.1) is 0 Å². The van der Waals surface area contributed by atoms with Gasteiger partial charge in [0.1, 0.15) is 5.82 Å². The Hall–Kier alpha value is -0.640. The zero-order valence-electron chi connectivity index (χ0n) is 7.69. The van der Waals surface area contributed by atoms with E-state index in [1.165, 1.54) is 6.07 Å². The first-order valence-corrected chi connectivity index (χ1v) is 5.04. The number of benzene rings is 1. The molecule has 0 aliphatic carbocycles. The lowest BCUT2D eigenvalue weighted by Crippen LogP contribution is -2.42. The molecular formula is C10H12ClFN2. The molecule has 1 atom stereocenters. The summed E-state index contributed by atoms with van der Waals surface area (Å²) in [6.07, 6.45) is 0. The van der Waals surface area contributed by atoms with Crippen LogP contribution in [0.1, 0.15) is 11.6 Å². The second kappa shape index (κ2) is 4.26. The lowest BCUT2D eigenvalue weighted by Gasteiger charge is -2.24. The van der Waals surface area contributed by atoms with Gasteiger partial charge in [-0.3, -0.25) is 0 Å². The van der Waals surface area contributed by atoms with Gasteiger partial charge < -0.3 is 10.6 Å². The van der Waals surface area contributed by atoms with Crippen molar-refractivity contribution in [3.8, 4) is 0 Å². The summed E-state index contributed by atoms with van der Waals surface area (Å²) in [5.41, 5.74) is 1.03. The largest absolute Gasteiger partial charge is 0.314 e. The molecule has 0 amide bonds. The molecule has 1 aromatic carbocycles. The first kappa shape index (κ1) is 9.90. The Morgan fingerprint density at radius 2 is 2.21 bits per heavy atom. The quantitative estimate of drug-likeness (QED) is 0.744. The van der Waals surface area contributed by atoms with E-state index in [1.807, 2.05) is 0 Å². The van der Waals surface area contributed by atoms with Crippen molar-refractivity contribution in [2.75, 3.05) is 19.6 Å². The molecule has 1 aromatic rings. The summed E-state index contributed by atoms with van der Waals surface area (Å²) in [6.45, 7) is 2.77. The van der Waals surface area contributed by atoms with Crippen molar-refractivity contribution < 1.29 is 4.39 Å². The van der Waals surface area contributed by atoms with E-state index in [1.54, 1.807) is 12.1 Å². The maximum atomic E-state index is 12.9. The molecule has 0 saturated carbocycles. The Labute approximate surface area is 87.5 Å². The van der Waals surface area contributed by atoms with E-state index in [9.17, 15) is 4.39 Å². The zero-order chi connectivity index (χ0) is 9.97. The Morgan fingerprint density at radius 3 is 2.86 bits per heavy atom. The molecule has 1 fully saturated rings. The van der Waals surface area contributed by atoms with E-state index in [-0.39, 0.29) is 16.9 Å². The Kier molecular flexibility index (Phi) is 3.01. The molecule has 4 heteroatoms. The second-order valence-electron chi connectivity index (χ2n) is 3.38. The molecule has 2 N–H and O–H groups in total. The van der Waals surface area contributed by atoms with Crippen molar-refractivity contribution in [3.05, 3.63) is 34.6 Å². The van der Waals surface area contributed by atoms with Crippen molar-refractivity contribution in [2.24, 2.45) is 0 Å². The van der Waals surface area contributed by atoms with E-state index in [0.29, 0.717) is 0 Å². The molecule has 1 saturated heterocycles. The first-order chi connectivity index (χ1) is 6.77. The predicted molar refractivity (Wildman–Crippen MR) is 55.0 cm³/mol. The number of halogens is 2. The van der Waals surface area contributed by atoms with Crippen molar-refractivity contribution in [3.63, 3.8) is 0 Å². The first-order valence-electron chi connectivity index (χ1n) is 4.66. The SMILES string of the molecule is Fc1ccc([C@@H]2CNCCN2)cc1Cl. The molecule has 14 heavy (non-hydrogen) atoms. The number of piperazine rings is 1. The second-order valence-corrected chi connectivity index (χ2v) is 3.79. The van der Waals surface area contributed by atoms with Crippen molar-refractivity contribution in [2.45, 2.75) is 6.04 Å². The fourth-order valence-corrected chi connectivity index (χ4v) is 1.81. The fourth-order valence-electron chi connectivity index (χ4n) is 1.62. The van der Waals surface area contributed by atoms with Crippen LogP contribution in [0.3, 0.4) is 0 Å². The van der Waals surface area contributed by atoms with Crippen LogP contribution in [0.5, 0.6) is 0 Å². The highest BCUT2D eigenvalue weighted by molar-refractivity contribution is 6.30. The Bertz CT molecular complexity index is 324. The maximum absolute atomic E-state index is 12.9. The standard InChI is InChI=1S/C10H12ClFN2/c11-8-5-7(1-2-9(8)12)10-6-13-3-4-14-10/h1-2,5,10,13-14H,3-4,6H2/t10-/m0/s1. The molecule has 1 heterocycles. The summed E-state index contributed by atoms with van der Waals surface area (Å²) in [6, 6.07) is 5.10. The van der Waals surface area contributed by atoms with Gasteiger partial charge in [-0.1, -0.05) is 17.7 Å². The smallest absolute Gasteiger partial charge is 0.141 e. The normalized spacial score (nSPS) is 22.3. The summed E-state index contributed by atoms with van der Waals surface area (Å²) in [5, 5.41) is 6.80. The Morgan fingerprint density at radius 1 is 1.36 bits per heavy atom. The molecule has 76 valence electrons. The van der Waals surface area contributed by atoms with Gasteiger partial charge in [0.2, 0.25) is 0 Å². The highest BCUT2D eigenvalue weighted by Gasteiger charge is 2.14. The molecule has 1 aliphatic rings. The molecule has 2 nitrogen and oxygen atoms in total. The van der Waals surface area contributed by atoms with Crippen LogP contribution in [-0.4, -0.2) is 19.6 Å². The van der Waals surface area contributed by atoms with Gasteiger partial charge in [0.15, 0.2) is 0 Å². The van der Waals surface area contributed by atoms with Gasteiger partial charge in [0.25, 0.3) is 0 Å². The van der Waals surface area contributed by atoms with Gasteiger partial charge in [-0.05, 0) is 17.7 Å². The van der Waals surface area contributed by atoms with Gasteiger partial charge in [0, 0.05) is 25.7 Å². The lowest BCUT2D eigenvalue weighted by molar-refractivity contribution is 0.430. The van der Waals surface area contributed by atoms with Crippen molar-refractivity contribution in [1.29, 1.82) is 0 Å². The van der Waals surface area contributed by atoms with Crippen LogP contribution in [0.15, 0.2) is 18.2 Å². The van der Waals surface area contributed by atoms with Crippen LogP contribution in [0.4, 0.5) is 4.39 Å². The summed E-state index contributed by atoms with van der Waals surface area (Å²) in [5.74, 6) is -0.362. The average molecular weight is 215 g/mol. The maximum Gasteiger partial charge on any atom is 0.141 e. The van der Waals surface area contributed by atoms with E-state index in [0.717, 1.165) is 25.2 Å². The molecule has 1 aliphatic heterocycles. The van der Waals surface area contributed by atoms with Crippen LogP contribution < -0.4 is 10.6 Å². The predicted octanol–water partition coefficient (Wildman–Crippen LogP) is 1.71. The van der Waals surface area contributed by atoms with Crippen LogP contribution in [-0.2, 0) is 0 Å². The number of hydrogen-bond donors (Lipinski definition) is 2. The fraction of sp³-hybridized carbons (Fsp3) is 0.400. The minimum Gasteiger partial charge on any atom is -0.314 e. The lowest BCUT2D eigenvalue weighted by atomic mass is 10.1. The Balaban J connectivity index is 2.18. The average Bonchev–Trinajstić information content (AvgIpc) is 2.23. The van der Waals surface area contributed by atoms with E-state index >= 15 is 0 Å². The zero-order valence-corrected chi connectivity index (χ0v) is 8.44. The molecule has 0 bridgehead atoms. The summed E-state index contributed by atoms with van der Waals surface area (Å²) in [4.78, 5) is 0. The van der Waals surface area contributed by atoms with Gasteiger partial charge in [-0.2, -0.15) is 0 Å². The van der Waals surface area contributed by atoms with Gasteiger partial charge in [-0.25, -0.2) is 4.39 Å². The molecule has 0 aromatic heterocycles. The van der Waals surface area contributed by atoms with Gasteiger partial charge >= 0.3 is 0 Å². The number of nitrogens with one attached hydrogen (secondary N) is 2.